The summed E-state index contributed by atoms with van der Waals surface area (Å²) in [6, 6.07) is 9.54. The Morgan fingerprint density at radius 1 is 1.28 bits per heavy atom. The minimum atomic E-state index is -0.122. The molecule has 2 heterocycles. The average Bonchev–Trinajstić information content (AvgIpc) is 2.97. The first-order chi connectivity index (χ1) is 12.0. The zero-order chi connectivity index (χ0) is 17.8. The van der Waals surface area contributed by atoms with Crippen LogP contribution in [0.3, 0.4) is 0 Å². The maximum atomic E-state index is 12.2. The third-order valence-corrected chi connectivity index (χ3v) is 4.52. The van der Waals surface area contributed by atoms with Crippen molar-refractivity contribution in [2.24, 2.45) is 0 Å². The number of amides is 1. The Bertz CT molecular complexity index is 893. The second-order valence-electron chi connectivity index (χ2n) is 5.57. The van der Waals surface area contributed by atoms with Crippen LogP contribution in [0.4, 0.5) is 5.69 Å². The number of nitrogens with one attached hydrogen (secondary N) is 1. The molecule has 0 aliphatic rings. The maximum absolute atomic E-state index is 12.2. The molecule has 0 saturated carbocycles. The monoisotopic (exact) mass is 354 g/mol. The van der Waals surface area contributed by atoms with Crippen LogP contribution in [0, 0.1) is 13.8 Å². The highest BCUT2D eigenvalue weighted by Crippen LogP contribution is 2.21. The van der Waals surface area contributed by atoms with Crippen LogP contribution in [-0.2, 0) is 4.79 Å². The number of carbonyl (C=O) groups excluding carboxylic acids is 1. The Balaban J connectivity index is 1.64. The van der Waals surface area contributed by atoms with Crippen molar-refractivity contribution in [2.75, 3.05) is 16.9 Å². The van der Waals surface area contributed by atoms with Crippen LogP contribution in [0.15, 0.2) is 47.9 Å². The molecule has 0 atom stereocenters. The van der Waals surface area contributed by atoms with Gasteiger partial charge in [0.2, 0.25) is 11.1 Å². The molecule has 25 heavy (non-hydrogen) atoms. The number of aromatic nitrogens is 4. The molecule has 3 rings (SSSR count). The van der Waals surface area contributed by atoms with E-state index in [-0.39, 0.29) is 11.7 Å². The Morgan fingerprint density at radius 2 is 2.12 bits per heavy atom. The van der Waals surface area contributed by atoms with E-state index < -0.39 is 0 Å². The molecule has 2 aromatic heterocycles. The molecule has 1 amide bonds. The first kappa shape index (κ1) is 17.0. The van der Waals surface area contributed by atoms with E-state index in [0.29, 0.717) is 11.0 Å². The van der Waals surface area contributed by atoms with Crippen LogP contribution in [0.5, 0.6) is 0 Å². The van der Waals surface area contributed by atoms with Crippen molar-refractivity contribution in [1.29, 1.82) is 0 Å². The first-order valence-electron chi connectivity index (χ1n) is 7.65. The Labute approximate surface area is 149 Å². The summed E-state index contributed by atoms with van der Waals surface area (Å²) < 4.78 is 1.37. The number of pyridine rings is 1. The zero-order valence-electron chi connectivity index (χ0n) is 13.9. The fraction of sp³-hybridized carbons (Fsp3) is 0.176. The average molecular weight is 354 g/mol. The van der Waals surface area contributed by atoms with Gasteiger partial charge in [0.25, 0.3) is 0 Å². The van der Waals surface area contributed by atoms with Crippen molar-refractivity contribution in [3.8, 4) is 11.4 Å². The van der Waals surface area contributed by atoms with Crippen LogP contribution in [0.2, 0.25) is 0 Å². The van der Waals surface area contributed by atoms with Crippen molar-refractivity contribution in [2.45, 2.75) is 19.0 Å². The lowest BCUT2D eigenvalue weighted by Gasteiger charge is -2.09. The lowest BCUT2D eigenvalue weighted by molar-refractivity contribution is -0.113. The molecule has 128 valence electrons. The SMILES string of the molecule is Cc1ccc(NC(=O)CSc2nnc(-c3cccnc3)n2N)c(C)c1. The molecule has 0 aliphatic heterocycles. The summed E-state index contributed by atoms with van der Waals surface area (Å²) in [5.41, 5.74) is 3.76. The number of benzene rings is 1. The number of nitrogens with two attached hydrogens (primary N) is 1. The van der Waals surface area contributed by atoms with Crippen LogP contribution >= 0.6 is 11.8 Å². The minimum absolute atomic E-state index is 0.122. The molecule has 0 unspecified atom stereocenters. The zero-order valence-corrected chi connectivity index (χ0v) is 14.7. The van der Waals surface area contributed by atoms with E-state index in [1.165, 1.54) is 16.4 Å². The van der Waals surface area contributed by atoms with Gasteiger partial charge >= 0.3 is 0 Å². The van der Waals surface area contributed by atoms with Gasteiger partial charge in [-0.2, -0.15) is 0 Å². The molecule has 0 spiro atoms. The fourth-order valence-electron chi connectivity index (χ4n) is 2.34. The number of anilines is 1. The van der Waals surface area contributed by atoms with Gasteiger partial charge in [0, 0.05) is 23.6 Å². The van der Waals surface area contributed by atoms with Gasteiger partial charge < -0.3 is 11.2 Å². The van der Waals surface area contributed by atoms with Crippen molar-refractivity contribution in [1.82, 2.24) is 19.9 Å². The number of nitrogen functional groups attached to an aromatic ring is 1. The van der Waals surface area contributed by atoms with Gasteiger partial charge in [0.15, 0.2) is 5.82 Å². The van der Waals surface area contributed by atoms with Gasteiger partial charge in [0.05, 0.1) is 5.75 Å². The largest absolute Gasteiger partial charge is 0.335 e. The molecule has 8 heteroatoms. The van der Waals surface area contributed by atoms with E-state index in [0.717, 1.165) is 22.4 Å². The van der Waals surface area contributed by atoms with Crippen molar-refractivity contribution >= 4 is 23.4 Å². The normalized spacial score (nSPS) is 10.6. The van der Waals surface area contributed by atoms with Gasteiger partial charge in [-0.1, -0.05) is 29.5 Å². The van der Waals surface area contributed by atoms with Gasteiger partial charge in [-0.3, -0.25) is 9.78 Å². The predicted octanol–water partition coefficient (Wildman–Crippen LogP) is 2.40. The molecule has 0 saturated heterocycles. The molecule has 0 radical (unpaired) electrons. The van der Waals surface area contributed by atoms with Crippen molar-refractivity contribution in [3.05, 3.63) is 53.9 Å². The number of nitrogens with zero attached hydrogens (tertiary/aromatic N) is 4. The lowest BCUT2D eigenvalue weighted by atomic mass is 10.1. The highest BCUT2D eigenvalue weighted by Gasteiger charge is 2.14. The third-order valence-electron chi connectivity index (χ3n) is 3.57. The number of aryl methyl sites for hydroxylation is 2. The third kappa shape index (κ3) is 3.97. The summed E-state index contributed by atoms with van der Waals surface area (Å²) in [6.45, 7) is 3.98. The molecule has 0 bridgehead atoms. The van der Waals surface area contributed by atoms with E-state index in [1.54, 1.807) is 18.5 Å². The fourth-order valence-corrected chi connectivity index (χ4v) is 2.99. The Hall–Kier alpha value is -2.87. The van der Waals surface area contributed by atoms with Crippen molar-refractivity contribution in [3.63, 3.8) is 0 Å². The molecule has 3 N–H and O–H groups in total. The topological polar surface area (TPSA) is 98.7 Å². The standard InChI is InChI=1S/C17H18N6OS/c1-11-5-6-14(12(2)8-11)20-15(24)10-25-17-22-21-16(23(17)18)13-4-3-7-19-9-13/h3-9H,10,18H2,1-2H3,(H,20,24). The summed E-state index contributed by atoms with van der Waals surface area (Å²) in [7, 11) is 0. The van der Waals surface area contributed by atoms with Gasteiger partial charge in [-0.25, -0.2) is 4.68 Å². The Kier molecular flexibility index (Phi) is 4.99. The molecule has 1 aromatic carbocycles. The predicted molar refractivity (Wildman–Crippen MR) is 98.7 cm³/mol. The van der Waals surface area contributed by atoms with E-state index in [9.17, 15) is 4.79 Å². The lowest BCUT2D eigenvalue weighted by Crippen LogP contribution is -2.17. The summed E-state index contributed by atoms with van der Waals surface area (Å²) in [5, 5.41) is 11.5. The van der Waals surface area contributed by atoms with Gasteiger partial charge in [-0.15, -0.1) is 10.2 Å². The van der Waals surface area contributed by atoms with Gasteiger partial charge in [0.1, 0.15) is 0 Å². The molecular weight excluding hydrogens is 336 g/mol. The van der Waals surface area contributed by atoms with Crippen LogP contribution in [0.1, 0.15) is 11.1 Å². The van der Waals surface area contributed by atoms with E-state index in [1.807, 2.05) is 38.1 Å². The van der Waals surface area contributed by atoms with Gasteiger partial charge in [-0.05, 0) is 37.6 Å². The number of thioether (sulfide) groups is 1. The summed E-state index contributed by atoms with van der Waals surface area (Å²) in [5.74, 6) is 6.60. The highest BCUT2D eigenvalue weighted by atomic mass is 32.2. The first-order valence-corrected chi connectivity index (χ1v) is 8.64. The molecule has 3 aromatic rings. The van der Waals surface area contributed by atoms with Crippen LogP contribution in [0.25, 0.3) is 11.4 Å². The second kappa shape index (κ2) is 7.35. The molecule has 0 aliphatic carbocycles. The minimum Gasteiger partial charge on any atom is -0.335 e. The number of hydrogen-bond donors (Lipinski definition) is 2. The summed E-state index contributed by atoms with van der Waals surface area (Å²) >= 11 is 1.23. The number of hydrogen-bond acceptors (Lipinski definition) is 6. The molecule has 7 nitrogen and oxygen atoms in total. The molecule has 0 fully saturated rings. The smallest absolute Gasteiger partial charge is 0.234 e. The van der Waals surface area contributed by atoms with Crippen molar-refractivity contribution < 1.29 is 4.79 Å². The van der Waals surface area contributed by atoms with E-state index >= 15 is 0 Å². The maximum Gasteiger partial charge on any atom is 0.234 e. The second-order valence-corrected chi connectivity index (χ2v) is 6.52. The van der Waals surface area contributed by atoms with E-state index in [2.05, 4.69) is 20.5 Å². The number of rotatable bonds is 5. The van der Waals surface area contributed by atoms with E-state index in [4.69, 9.17) is 5.84 Å². The van der Waals surface area contributed by atoms with Crippen LogP contribution in [-0.4, -0.2) is 31.5 Å². The van der Waals surface area contributed by atoms with Crippen LogP contribution < -0.4 is 11.2 Å². The quantitative estimate of drug-likeness (QED) is 0.539. The molecular formula is C17H18N6OS. The number of carbonyl (C=O) groups is 1. The Morgan fingerprint density at radius 3 is 2.84 bits per heavy atom. The highest BCUT2D eigenvalue weighted by molar-refractivity contribution is 7.99. The summed E-state index contributed by atoms with van der Waals surface area (Å²) in [4.78, 5) is 16.2. The summed E-state index contributed by atoms with van der Waals surface area (Å²) in [6.07, 6.45) is 3.34.